The van der Waals surface area contributed by atoms with Crippen molar-refractivity contribution >= 4 is 23.5 Å². The number of anilines is 1. The van der Waals surface area contributed by atoms with Gasteiger partial charge in [-0.05, 0) is 61.7 Å². The Morgan fingerprint density at radius 1 is 1.19 bits per heavy atom. The molecule has 3 aromatic rings. The SMILES string of the molecule is COc1cccc(Sc2ccc(N3CCC(C(=O)NCCCc4ccco4)CC3)nn2)c1. The summed E-state index contributed by atoms with van der Waals surface area (Å²) in [6.07, 6.45) is 5.06. The molecule has 0 unspecified atom stereocenters. The molecule has 1 amide bonds. The number of rotatable bonds is 9. The van der Waals surface area contributed by atoms with Crippen molar-refractivity contribution in [3.8, 4) is 5.75 Å². The molecule has 3 heterocycles. The zero-order valence-electron chi connectivity index (χ0n) is 18.2. The first-order chi connectivity index (χ1) is 15.7. The number of furan rings is 1. The molecule has 168 valence electrons. The Labute approximate surface area is 192 Å². The summed E-state index contributed by atoms with van der Waals surface area (Å²) in [5.74, 6) is 2.86. The van der Waals surface area contributed by atoms with Crippen LogP contribution < -0.4 is 15.0 Å². The molecule has 4 rings (SSSR count). The molecule has 7 nitrogen and oxygen atoms in total. The molecule has 2 aromatic heterocycles. The number of carbonyl (C=O) groups is 1. The fourth-order valence-electron chi connectivity index (χ4n) is 3.77. The molecule has 32 heavy (non-hydrogen) atoms. The second-order valence-electron chi connectivity index (χ2n) is 7.75. The van der Waals surface area contributed by atoms with Crippen LogP contribution in [0.3, 0.4) is 0 Å². The number of nitrogens with zero attached hydrogens (tertiary/aromatic N) is 3. The number of hydrogen-bond acceptors (Lipinski definition) is 7. The zero-order valence-corrected chi connectivity index (χ0v) is 19.0. The largest absolute Gasteiger partial charge is 0.497 e. The van der Waals surface area contributed by atoms with Crippen molar-refractivity contribution in [2.45, 2.75) is 35.6 Å². The lowest BCUT2D eigenvalue weighted by Gasteiger charge is -2.31. The maximum absolute atomic E-state index is 12.5. The van der Waals surface area contributed by atoms with E-state index in [0.29, 0.717) is 6.54 Å². The molecule has 0 bridgehead atoms. The average Bonchev–Trinajstić information content (AvgIpc) is 3.36. The molecule has 0 radical (unpaired) electrons. The van der Waals surface area contributed by atoms with Crippen LogP contribution in [-0.4, -0.2) is 42.8 Å². The molecule has 1 aliphatic rings. The van der Waals surface area contributed by atoms with Gasteiger partial charge < -0.3 is 19.4 Å². The van der Waals surface area contributed by atoms with Gasteiger partial charge in [-0.25, -0.2) is 0 Å². The van der Waals surface area contributed by atoms with Crippen molar-refractivity contribution < 1.29 is 13.9 Å². The highest BCUT2D eigenvalue weighted by Gasteiger charge is 2.25. The normalized spacial score (nSPS) is 14.3. The highest BCUT2D eigenvalue weighted by Crippen LogP contribution is 2.29. The molecule has 1 N–H and O–H groups in total. The van der Waals surface area contributed by atoms with E-state index in [1.54, 1.807) is 25.1 Å². The third kappa shape index (κ3) is 6.03. The lowest BCUT2D eigenvalue weighted by Crippen LogP contribution is -2.41. The van der Waals surface area contributed by atoms with E-state index in [4.69, 9.17) is 9.15 Å². The van der Waals surface area contributed by atoms with Gasteiger partial charge in [0.05, 0.1) is 13.4 Å². The summed E-state index contributed by atoms with van der Waals surface area (Å²) in [6, 6.07) is 15.7. The predicted octanol–water partition coefficient (Wildman–Crippen LogP) is 4.19. The standard InChI is InChI=1S/C24H28N4O3S/c1-30-20-5-2-8-21(17-20)32-23-10-9-22(26-27-23)28-14-11-18(12-15-28)24(29)25-13-3-6-19-7-4-16-31-19/h2,4-5,7-10,16-18H,3,6,11-15H2,1H3,(H,25,29). The maximum Gasteiger partial charge on any atom is 0.223 e. The van der Waals surface area contributed by atoms with Gasteiger partial charge in [-0.1, -0.05) is 17.8 Å². The third-order valence-electron chi connectivity index (χ3n) is 5.56. The van der Waals surface area contributed by atoms with Gasteiger partial charge >= 0.3 is 0 Å². The van der Waals surface area contributed by atoms with Gasteiger partial charge in [-0.3, -0.25) is 4.79 Å². The zero-order chi connectivity index (χ0) is 22.2. The van der Waals surface area contributed by atoms with Crippen LogP contribution in [0.2, 0.25) is 0 Å². The number of benzene rings is 1. The molecular weight excluding hydrogens is 424 g/mol. The summed E-state index contributed by atoms with van der Waals surface area (Å²) in [5, 5.41) is 12.7. The maximum atomic E-state index is 12.5. The van der Waals surface area contributed by atoms with Gasteiger partial charge in [0.25, 0.3) is 0 Å². The van der Waals surface area contributed by atoms with Crippen LogP contribution in [0.15, 0.2) is 69.1 Å². The second kappa shape index (κ2) is 11.0. The van der Waals surface area contributed by atoms with E-state index in [-0.39, 0.29) is 11.8 Å². The van der Waals surface area contributed by atoms with Crippen molar-refractivity contribution in [2.24, 2.45) is 5.92 Å². The number of carbonyl (C=O) groups excluding carboxylic acids is 1. The van der Waals surface area contributed by atoms with Gasteiger partial charge in [0.15, 0.2) is 5.82 Å². The number of hydrogen-bond donors (Lipinski definition) is 1. The van der Waals surface area contributed by atoms with Crippen LogP contribution in [0.1, 0.15) is 25.0 Å². The molecule has 1 fully saturated rings. The third-order valence-corrected chi connectivity index (χ3v) is 6.48. The first kappa shape index (κ1) is 22.2. The Balaban J connectivity index is 1.21. The number of ether oxygens (including phenoxy) is 1. The number of piperidine rings is 1. The van der Waals surface area contributed by atoms with Gasteiger partial charge in [0.1, 0.15) is 16.5 Å². The highest BCUT2D eigenvalue weighted by atomic mass is 32.2. The minimum Gasteiger partial charge on any atom is -0.497 e. The van der Waals surface area contributed by atoms with Gasteiger partial charge in [-0.15, -0.1) is 10.2 Å². The number of amides is 1. The van der Waals surface area contributed by atoms with Crippen LogP contribution in [0, 0.1) is 5.92 Å². The summed E-state index contributed by atoms with van der Waals surface area (Å²) in [7, 11) is 1.66. The quantitative estimate of drug-likeness (QED) is 0.488. The lowest BCUT2D eigenvalue weighted by molar-refractivity contribution is -0.125. The predicted molar refractivity (Wildman–Crippen MR) is 124 cm³/mol. The summed E-state index contributed by atoms with van der Waals surface area (Å²) < 4.78 is 10.6. The number of nitrogens with one attached hydrogen (secondary N) is 1. The number of methoxy groups -OCH3 is 1. The Bertz CT molecular complexity index is 987. The number of aryl methyl sites for hydroxylation is 1. The van der Waals surface area contributed by atoms with Gasteiger partial charge in [-0.2, -0.15) is 0 Å². The minimum absolute atomic E-state index is 0.0608. The fourth-order valence-corrected chi connectivity index (χ4v) is 4.55. The Morgan fingerprint density at radius 2 is 2.06 bits per heavy atom. The van der Waals surface area contributed by atoms with Crippen LogP contribution in [0.4, 0.5) is 5.82 Å². The Kier molecular flexibility index (Phi) is 7.66. The van der Waals surface area contributed by atoms with Gasteiger partial charge in [0.2, 0.25) is 5.91 Å². The molecule has 1 aliphatic heterocycles. The summed E-state index contributed by atoms with van der Waals surface area (Å²) in [4.78, 5) is 15.7. The molecule has 1 aromatic carbocycles. The van der Waals surface area contributed by atoms with E-state index in [1.165, 1.54) is 0 Å². The van der Waals surface area contributed by atoms with E-state index < -0.39 is 0 Å². The number of aromatic nitrogens is 2. The average molecular weight is 453 g/mol. The molecular formula is C24H28N4O3S. The van der Waals surface area contributed by atoms with E-state index in [9.17, 15) is 4.79 Å². The van der Waals surface area contributed by atoms with Crippen molar-refractivity contribution in [3.63, 3.8) is 0 Å². The summed E-state index contributed by atoms with van der Waals surface area (Å²) >= 11 is 1.55. The van der Waals surface area contributed by atoms with Gasteiger partial charge in [0, 0.05) is 36.9 Å². The molecule has 0 spiro atoms. The van der Waals surface area contributed by atoms with E-state index in [2.05, 4.69) is 20.4 Å². The molecule has 8 heteroatoms. The van der Waals surface area contributed by atoms with Crippen molar-refractivity contribution in [1.82, 2.24) is 15.5 Å². The van der Waals surface area contributed by atoms with Crippen molar-refractivity contribution in [3.05, 3.63) is 60.6 Å². The summed E-state index contributed by atoms with van der Waals surface area (Å²) in [5.41, 5.74) is 0. The summed E-state index contributed by atoms with van der Waals surface area (Å²) in [6.45, 7) is 2.29. The highest BCUT2D eigenvalue weighted by molar-refractivity contribution is 7.99. The van der Waals surface area contributed by atoms with Crippen LogP contribution in [-0.2, 0) is 11.2 Å². The molecule has 0 aliphatic carbocycles. The first-order valence-corrected chi connectivity index (χ1v) is 11.7. The fraction of sp³-hybridized carbons (Fsp3) is 0.375. The van der Waals surface area contributed by atoms with Crippen LogP contribution in [0.25, 0.3) is 0 Å². The first-order valence-electron chi connectivity index (χ1n) is 10.9. The monoisotopic (exact) mass is 452 g/mol. The minimum atomic E-state index is 0.0608. The van der Waals surface area contributed by atoms with E-state index >= 15 is 0 Å². The second-order valence-corrected chi connectivity index (χ2v) is 8.84. The van der Waals surface area contributed by atoms with E-state index in [1.807, 2.05) is 48.5 Å². The topological polar surface area (TPSA) is 80.5 Å². The molecule has 0 saturated carbocycles. The molecule has 0 atom stereocenters. The van der Waals surface area contributed by atoms with Crippen molar-refractivity contribution in [2.75, 3.05) is 31.6 Å². The Hall–Kier alpha value is -3.00. The van der Waals surface area contributed by atoms with Crippen molar-refractivity contribution in [1.29, 1.82) is 0 Å². The molecule has 1 saturated heterocycles. The van der Waals surface area contributed by atoms with Crippen LogP contribution >= 0.6 is 11.8 Å². The van der Waals surface area contributed by atoms with Crippen LogP contribution in [0.5, 0.6) is 5.75 Å². The smallest absolute Gasteiger partial charge is 0.223 e. The lowest BCUT2D eigenvalue weighted by atomic mass is 9.96. The Morgan fingerprint density at radius 3 is 2.78 bits per heavy atom. The van der Waals surface area contributed by atoms with E-state index in [0.717, 1.165) is 66.0 Å².